The summed E-state index contributed by atoms with van der Waals surface area (Å²) in [5.74, 6) is -0.323. The van der Waals surface area contributed by atoms with Crippen molar-refractivity contribution in [3.05, 3.63) is 36.5 Å². The van der Waals surface area contributed by atoms with Crippen LogP contribution in [0.1, 0.15) is 348 Å². The molecule has 0 aliphatic heterocycles. The molecule has 5 nitrogen and oxygen atoms in total. The zero-order chi connectivity index (χ0) is 50.7. The number of carbonyl (C=O) groups excluding carboxylic acids is 1. The number of hydrogen-bond acceptors (Lipinski definition) is 4. The monoisotopic (exact) mass is 984 g/mol. The maximum absolute atomic E-state index is 12.5. The highest BCUT2D eigenvalue weighted by atomic mass is 16.3. The molecule has 1 amide bonds. The summed E-state index contributed by atoms with van der Waals surface area (Å²) in [6.07, 6.45) is 79.5. The van der Waals surface area contributed by atoms with Gasteiger partial charge in [0.15, 0.2) is 0 Å². The second-order valence-electron chi connectivity index (χ2n) is 22.0. The third-order valence-electron chi connectivity index (χ3n) is 14.9. The Hall–Kier alpha value is -1.43. The van der Waals surface area contributed by atoms with E-state index in [0.29, 0.717) is 6.42 Å². The normalized spacial score (nSPS) is 13.4. The highest BCUT2D eigenvalue weighted by molar-refractivity contribution is 5.76. The number of allylic oxidation sites excluding steroid dienone is 5. The topological polar surface area (TPSA) is 89.8 Å². The Labute approximate surface area is 438 Å². The maximum atomic E-state index is 12.5. The standard InChI is InChI=1S/C65H125NO4/c1-3-5-7-9-11-13-15-17-19-21-23-25-26-27-28-29-30-31-32-33-34-35-36-37-38-39-40-42-44-46-48-50-52-54-56-58-62(68)60-65(70)66-63(61-67)64(69)59-57-55-53-51-49-47-45-43-41-24-22-20-18-16-14-12-10-8-6-4-2/h41,43,49,51,57,59,62-64,67-69H,3-40,42,44-48,50,52-56,58,60-61H2,1-2H3,(H,66,70)/b43-41+,51-49+,59-57+. The van der Waals surface area contributed by atoms with Crippen molar-refractivity contribution in [2.24, 2.45) is 0 Å². The predicted molar refractivity (Wildman–Crippen MR) is 310 cm³/mol. The predicted octanol–water partition coefficient (Wildman–Crippen LogP) is 20.2. The third kappa shape index (κ3) is 55.9. The van der Waals surface area contributed by atoms with Gasteiger partial charge < -0.3 is 20.6 Å². The fourth-order valence-corrected chi connectivity index (χ4v) is 10.1. The quantitative estimate of drug-likeness (QED) is 0.0361. The van der Waals surface area contributed by atoms with Crippen molar-refractivity contribution in [2.75, 3.05) is 6.61 Å². The Bertz CT molecular complexity index is 1090. The molecule has 0 saturated heterocycles. The highest BCUT2D eigenvalue weighted by Gasteiger charge is 2.20. The van der Waals surface area contributed by atoms with Crippen molar-refractivity contribution in [2.45, 2.75) is 366 Å². The average molecular weight is 985 g/mol. The van der Waals surface area contributed by atoms with Gasteiger partial charge in [-0.15, -0.1) is 0 Å². The van der Waals surface area contributed by atoms with Crippen molar-refractivity contribution in [1.82, 2.24) is 5.32 Å². The number of hydrogen-bond donors (Lipinski definition) is 4. The van der Waals surface area contributed by atoms with E-state index in [4.69, 9.17) is 0 Å². The van der Waals surface area contributed by atoms with Crippen LogP contribution < -0.4 is 5.32 Å². The van der Waals surface area contributed by atoms with Gasteiger partial charge in [0.2, 0.25) is 5.91 Å². The molecule has 0 heterocycles. The van der Waals surface area contributed by atoms with Gasteiger partial charge >= 0.3 is 0 Å². The molecular weight excluding hydrogens is 859 g/mol. The molecule has 0 radical (unpaired) electrons. The van der Waals surface area contributed by atoms with E-state index in [2.05, 4.69) is 43.5 Å². The van der Waals surface area contributed by atoms with Gasteiger partial charge in [-0.3, -0.25) is 4.79 Å². The molecule has 0 aromatic heterocycles. The summed E-state index contributed by atoms with van der Waals surface area (Å²) < 4.78 is 0. The molecule has 0 aromatic carbocycles. The van der Waals surface area contributed by atoms with Gasteiger partial charge in [-0.25, -0.2) is 0 Å². The lowest BCUT2D eigenvalue weighted by molar-refractivity contribution is -0.124. The molecule has 0 aromatic rings. The number of amides is 1. The van der Waals surface area contributed by atoms with Gasteiger partial charge in [0.05, 0.1) is 31.3 Å². The molecule has 0 bridgehead atoms. The van der Waals surface area contributed by atoms with Crippen LogP contribution in [0.3, 0.4) is 0 Å². The van der Waals surface area contributed by atoms with Gasteiger partial charge in [0, 0.05) is 0 Å². The first-order valence-corrected chi connectivity index (χ1v) is 31.8. The van der Waals surface area contributed by atoms with Crippen LogP contribution in [0.15, 0.2) is 36.5 Å². The Kier molecular flexibility index (Phi) is 58.9. The van der Waals surface area contributed by atoms with Crippen LogP contribution in [0.2, 0.25) is 0 Å². The molecule has 0 rings (SSSR count). The van der Waals surface area contributed by atoms with Crippen LogP contribution >= 0.6 is 0 Å². The van der Waals surface area contributed by atoms with Gasteiger partial charge in [-0.05, 0) is 44.9 Å². The summed E-state index contributed by atoms with van der Waals surface area (Å²) in [6, 6.07) is -0.767. The molecule has 0 spiro atoms. The molecule has 0 aliphatic carbocycles. The summed E-state index contributed by atoms with van der Waals surface area (Å²) in [7, 11) is 0. The molecule has 3 atom stereocenters. The molecule has 4 N–H and O–H groups in total. The lowest BCUT2D eigenvalue weighted by Crippen LogP contribution is -2.45. The Balaban J connectivity index is 3.50. The number of nitrogens with one attached hydrogen (secondary N) is 1. The minimum Gasteiger partial charge on any atom is -0.394 e. The fraction of sp³-hybridized carbons (Fsp3) is 0.892. The van der Waals surface area contributed by atoms with Crippen LogP contribution in [-0.2, 0) is 4.79 Å². The molecule has 0 saturated carbocycles. The minimum absolute atomic E-state index is 0.00585. The van der Waals surface area contributed by atoms with Gasteiger partial charge in [0.1, 0.15) is 0 Å². The van der Waals surface area contributed by atoms with Crippen molar-refractivity contribution in [3.8, 4) is 0 Å². The van der Waals surface area contributed by atoms with Crippen molar-refractivity contribution in [3.63, 3.8) is 0 Å². The Morgan fingerprint density at radius 3 is 0.914 bits per heavy atom. The second-order valence-corrected chi connectivity index (χ2v) is 22.0. The van der Waals surface area contributed by atoms with Crippen molar-refractivity contribution in [1.29, 1.82) is 0 Å². The summed E-state index contributed by atoms with van der Waals surface area (Å²) in [5, 5.41) is 33.5. The zero-order valence-electron chi connectivity index (χ0n) is 47.4. The Morgan fingerprint density at radius 1 is 0.357 bits per heavy atom. The Morgan fingerprint density at radius 2 is 0.614 bits per heavy atom. The summed E-state index contributed by atoms with van der Waals surface area (Å²) in [5.41, 5.74) is 0. The summed E-state index contributed by atoms with van der Waals surface area (Å²) >= 11 is 0. The van der Waals surface area contributed by atoms with Crippen LogP contribution in [0.5, 0.6) is 0 Å². The van der Waals surface area contributed by atoms with Gasteiger partial charge in [-0.1, -0.05) is 333 Å². The lowest BCUT2D eigenvalue weighted by Gasteiger charge is -2.21. The van der Waals surface area contributed by atoms with E-state index in [1.54, 1.807) is 6.08 Å². The molecule has 414 valence electrons. The molecule has 70 heavy (non-hydrogen) atoms. The van der Waals surface area contributed by atoms with Gasteiger partial charge in [0.25, 0.3) is 0 Å². The summed E-state index contributed by atoms with van der Waals surface area (Å²) in [4.78, 5) is 12.5. The smallest absolute Gasteiger partial charge is 0.222 e. The van der Waals surface area contributed by atoms with Crippen LogP contribution in [0, 0.1) is 0 Å². The first kappa shape index (κ1) is 68.6. The number of aliphatic hydroxyl groups is 3. The second kappa shape index (κ2) is 60.1. The van der Waals surface area contributed by atoms with Crippen LogP contribution in [0.4, 0.5) is 0 Å². The molecule has 0 fully saturated rings. The minimum atomic E-state index is -0.960. The number of carbonyl (C=O) groups is 1. The first-order chi connectivity index (χ1) is 34.5. The van der Waals surface area contributed by atoms with E-state index in [9.17, 15) is 20.1 Å². The van der Waals surface area contributed by atoms with E-state index >= 15 is 0 Å². The zero-order valence-corrected chi connectivity index (χ0v) is 47.4. The SMILES string of the molecule is CCCCCCCCCCCC/C=C/CC/C=C/CC/C=C/C(O)C(CO)NC(=O)CC(O)CCCCCCCCCCCCCCCCCCCCCCCCCCCCCCCCCCCCC. The van der Waals surface area contributed by atoms with E-state index in [-0.39, 0.29) is 18.9 Å². The molecule has 5 heteroatoms. The number of aliphatic hydroxyl groups excluding tert-OH is 3. The molecule has 3 unspecified atom stereocenters. The summed E-state index contributed by atoms with van der Waals surface area (Å²) in [6.45, 7) is 4.24. The van der Waals surface area contributed by atoms with Crippen molar-refractivity contribution < 1.29 is 20.1 Å². The first-order valence-electron chi connectivity index (χ1n) is 31.8. The highest BCUT2D eigenvalue weighted by Crippen LogP contribution is 2.18. The van der Waals surface area contributed by atoms with Crippen LogP contribution in [0.25, 0.3) is 0 Å². The molecule has 0 aliphatic rings. The third-order valence-corrected chi connectivity index (χ3v) is 14.9. The fourth-order valence-electron chi connectivity index (χ4n) is 10.1. The largest absolute Gasteiger partial charge is 0.394 e. The van der Waals surface area contributed by atoms with E-state index in [1.807, 2.05) is 6.08 Å². The molecular formula is C65H125NO4. The van der Waals surface area contributed by atoms with E-state index < -0.39 is 18.2 Å². The van der Waals surface area contributed by atoms with Crippen LogP contribution in [-0.4, -0.2) is 46.1 Å². The maximum Gasteiger partial charge on any atom is 0.222 e. The van der Waals surface area contributed by atoms with Gasteiger partial charge in [-0.2, -0.15) is 0 Å². The van der Waals surface area contributed by atoms with E-state index in [0.717, 1.165) is 38.5 Å². The average Bonchev–Trinajstić information content (AvgIpc) is 3.36. The lowest BCUT2D eigenvalue weighted by atomic mass is 10.0. The van der Waals surface area contributed by atoms with E-state index in [1.165, 1.54) is 283 Å². The van der Waals surface area contributed by atoms with Crippen molar-refractivity contribution >= 4 is 5.91 Å². The number of rotatable bonds is 59. The number of unbranched alkanes of at least 4 members (excludes halogenated alkanes) is 46.